The fourth-order valence-corrected chi connectivity index (χ4v) is 2.52. The summed E-state index contributed by atoms with van der Waals surface area (Å²) in [6.45, 7) is 2.54. The van der Waals surface area contributed by atoms with Crippen LogP contribution in [-0.4, -0.2) is 31.5 Å². The molecule has 0 spiro atoms. The van der Waals surface area contributed by atoms with Crippen LogP contribution in [0.3, 0.4) is 0 Å². The van der Waals surface area contributed by atoms with Crippen molar-refractivity contribution in [3.05, 3.63) is 54.1 Å². The van der Waals surface area contributed by atoms with Crippen molar-refractivity contribution in [3.8, 4) is 11.5 Å². The van der Waals surface area contributed by atoms with Crippen LogP contribution in [0.1, 0.15) is 5.56 Å². The first-order chi connectivity index (χ1) is 10.4. The van der Waals surface area contributed by atoms with Gasteiger partial charge in [0.1, 0.15) is 13.2 Å². The lowest BCUT2D eigenvalue weighted by atomic mass is 10.1. The van der Waals surface area contributed by atoms with Gasteiger partial charge in [0.15, 0.2) is 11.5 Å². The Kier molecular flexibility index (Phi) is 4.26. The second-order valence-electron chi connectivity index (χ2n) is 4.92. The van der Waals surface area contributed by atoms with E-state index in [0.29, 0.717) is 26.3 Å². The zero-order valence-corrected chi connectivity index (χ0v) is 11.9. The standard InChI is InChI=1S/C17H19NO3/c19-10-9-18(15-6-2-1-3-7-15)13-14-5-4-8-16-17(14)21-12-11-20-16/h1-8,19H,9-13H2. The highest BCUT2D eigenvalue weighted by atomic mass is 16.6. The predicted molar refractivity (Wildman–Crippen MR) is 82.0 cm³/mol. The zero-order valence-electron chi connectivity index (χ0n) is 11.9. The third-order valence-electron chi connectivity index (χ3n) is 3.50. The Hall–Kier alpha value is -2.20. The molecule has 0 atom stereocenters. The number of nitrogens with zero attached hydrogens (tertiary/aromatic N) is 1. The zero-order chi connectivity index (χ0) is 14.5. The summed E-state index contributed by atoms with van der Waals surface area (Å²) in [7, 11) is 0. The van der Waals surface area contributed by atoms with Crippen LogP contribution in [0.2, 0.25) is 0 Å². The van der Waals surface area contributed by atoms with Crippen molar-refractivity contribution in [2.75, 3.05) is 31.3 Å². The van der Waals surface area contributed by atoms with E-state index in [4.69, 9.17) is 9.47 Å². The van der Waals surface area contributed by atoms with Gasteiger partial charge in [0.25, 0.3) is 0 Å². The number of fused-ring (bicyclic) bond motifs is 1. The molecule has 0 aromatic heterocycles. The molecule has 4 heteroatoms. The van der Waals surface area contributed by atoms with E-state index in [1.54, 1.807) is 0 Å². The maximum Gasteiger partial charge on any atom is 0.166 e. The number of anilines is 1. The molecule has 0 aliphatic carbocycles. The number of ether oxygens (including phenoxy) is 2. The molecule has 4 nitrogen and oxygen atoms in total. The summed E-state index contributed by atoms with van der Waals surface area (Å²) in [4.78, 5) is 2.13. The third-order valence-corrected chi connectivity index (χ3v) is 3.50. The van der Waals surface area contributed by atoms with Gasteiger partial charge in [-0.1, -0.05) is 30.3 Å². The van der Waals surface area contributed by atoms with Crippen molar-refractivity contribution in [2.45, 2.75) is 6.54 Å². The van der Waals surface area contributed by atoms with Crippen LogP contribution in [-0.2, 0) is 6.54 Å². The van der Waals surface area contributed by atoms with E-state index in [9.17, 15) is 5.11 Å². The Labute approximate surface area is 124 Å². The van der Waals surface area contributed by atoms with Crippen molar-refractivity contribution in [2.24, 2.45) is 0 Å². The van der Waals surface area contributed by atoms with Crippen LogP contribution in [0.4, 0.5) is 5.69 Å². The number of hydrogen-bond donors (Lipinski definition) is 1. The number of aliphatic hydroxyl groups is 1. The lowest BCUT2D eigenvalue weighted by Crippen LogP contribution is -2.27. The van der Waals surface area contributed by atoms with E-state index in [2.05, 4.69) is 4.90 Å². The van der Waals surface area contributed by atoms with Crippen molar-refractivity contribution in [1.82, 2.24) is 0 Å². The molecule has 0 unspecified atom stereocenters. The van der Waals surface area contributed by atoms with Crippen molar-refractivity contribution in [3.63, 3.8) is 0 Å². The molecule has 0 radical (unpaired) electrons. The average Bonchev–Trinajstić information content (AvgIpc) is 2.55. The summed E-state index contributed by atoms with van der Waals surface area (Å²) >= 11 is 0. The molecular weight excluding hydrogens is 266 g/mol. The van der Waals surface area contributed by atoms with Gasteiger partial charge in [0.05, 0.1) is 6.61 Å². The Balaban J connectivity index is 1.86. The molecule has 1 aliphatic rings. The highest BCUT2D eigenvalue weighted by Crippen LogP contribution is 2.34. The van der Waals surface area contributed by atoms with E-state index in [1.165, 1.54) is 0 Å². The van der Waals surface area contributed by atoms with Gasteiger partial charge < -0.3 is 19.5 Å². The molecule has 0 saturated heterocycles. The molecule has 0 saturated carbocycles. The van der Waals surface area contributed by atoms with Gasteiger partial charge in [-0.05, 0) is 18.2 Å². The fourth-order valence-electron chi connectivity index (χ4n) is 2.52. The first-order valence-electron chi connectivity index (χ1n) is 7.17. The summed E-state index contributed by atoms with van der Waals surface area (Å²) in [5.41, 5.74) is 2.16. The summed E-state index contributed by atoms with van der Waals surface area (Å²) in [6, 6.07) is 16.0. The average molecular weight is 285 g/mol. The van der Waals surface area contributed by atoms with Crippen LogP contribution in [0.25, 0.3) is 0 Å². The van der Waals surface area contributed by atoms with Crippen molar-refractivity contribution >= 4 is 5.69 Å². The molecular formula is C17H19NO3. The van der Waals surface area contributed by atoms with Crippen LogP contribution >= 0.6 is 0 Å². The molecule has 3 rings (SSSR count). The van der Waals surface area contributed by atoms with Crippen molar-refractivity contribution in [1.29, 1.82) is 0 Å². The first kappa shape index (κ1) is 13.8. The Morgan fingerprint density at radius 2 is 1.76 bits per heavy atom. The first-order valence-corrected chi connectivity index (χ1v) is 7.17. The molecule has 0 fully saturated rings. The van der Waals surface area contributed by atoms with Crippen LogP contribution in [0.5, 0.6) is 11.5 Å². The monoisotopic (exact) mass is 285 g/mol. The van der Waals surface area contributed by atoms with Gasteiger partial charge in [0, 0.05) is 24.3 Å². The quantitative estimate of drug-likeness (QED) is 0.916. The van der Waals surface area contributed by atoms with Gasteiger partial charge in [-0.2, -0.15) is 0 Å². The fraction of sp³-hybridized carbons (Fsp3) is 0.294. The highest BCUT2D eigenvalue weighted by Gasteiger charge is 2.17. The van der Waals surface area contributed by atoms with Gasteiger partial charge in [0.2, 0.25) is 0 Å². The second-order valence-corrected chi connectivity index (χ2v) is 4.92. The molecule has 21 heavy (non-hydrogen) atoms. The number of rotatable bonds is 5. The largest absolute Gasteiger partial charge is 0.486 e. The number of hydrogen-bond acceptors (Lipinski definition) is 4. The third kappa shape index (κ3) is 3.11. The van der Waals surface area contributed by atoms with E-state index < -0.39 is 0 Å². The van der Waals surface area contributed by atoms with E-state index in [0.717, 1.165) is 22.7 Å². The van der Waals surface area contributed by atoms with E-state index in [1.807, 2.05) is 48.5 Å². The maximum atomic E-state index is 9.32. The lowest BCUT2D eigenvalue weighted by molar-refractivity contribution is 0.170. The van der Waals surface area contributed by atoms with E-state index >= 15 is 0 Å². The molecule has 0 amide bonds. The molecule has 2 aromatic carbocycles. The molecule has 110 valence electrons. The topological polar surface area (TPSA) is 41.9 Å². The highest BCUT2D eigenvalue weighted by molar-refractivity contribution is 5.52. The van der Waals surface area contributed by atoms with Gasteiger partial charge >= 0.3 is 0 Å². The Morgan fingerprint density at radius 1 is 0.952 bits per heavy atom. The minimum Gasteiger partial charge on any atom is -0.486 e. The number of para-hydroxylation sites is 2. The van der Waals surface area contributed by atoms with Gasteiger partial charge in [-0.15, -0.1) is 0 Å². The summed E-state index contributed by atoms with van der Waals surface area (Å²) < 4.78 is 11.4. The number of aliphatic hydroxyl groups excluding tert-OH is 1. The SMILES string of the molecule is OCCN(Cc1cccc2c1OCCO2)c1ccccc1. The van der Waals surface area contributed by atoms with Crippen LogP contribution in [0.15, 0.2) is 48.5 Å². The molecule has 2 aromatic rings. The molecule has 1 aliphatic heterocycles. The molecule has 1 N–H and O–H groups in total. The van der Waals surface area contributed by atoms with Crippen molar-refractivity contribution < 1.29 is 14.6 Å². The maximum absolute atomic E-state index is 9.32. The molecule has 1 heterocycles. The molecule has 0 bridgehead atoms. The summed E-state index contributed by atoms with van der Waals surface area (Å²) in [6.07, 6.45) is 0. The van der Waals surface area contributed by atoms with Gasteiger partial charge in [-0.25, -0.2) is 0 Å². The normalized spacial score (nSPS) is 13.0. The second kappa shape index (κ2) is 6.50. The summed E-state index contributed by atoms with van der Waals surface area (Å²) in [5, 5.41) is 9.32. The smallest absolute Gasteiger partial charge is 0.166 e. The minimum absolute atomic E-state index is 0.112. The Bertz CT molecular complexity index is 586. The van der Waals surface area contributed by atoms with E-state index in [-0.39, 0.29) is 6.61 Å². The Morgan fingerprint density at radius 3 is 2.57 bits per heavy atom. The summed E-state index contributed by atoms with van der Waals surface area (Å²) in [5.74, 6) is 1.62. The van der Waals surface area contributed by atoms with Crippen LogP contribution < -0.4 is 14.4 Å². The van der Waals surface area contributed by atoms with Crippen LogP contribution in [0, 0.1) is 0 Å². The minimum atomic E-state index is 0.112. The number of benzene rings is 2. The predicted octanol–water partition coefficient (Wildman–Crippen LogP) is 2.46. The van der Waals surface area contributed by atoms with Gasteiger partial charge in [-0.3, -0.25) is 0 Å². The lowest BCUT2D eigenvalue weighted by Gasteiger charge is -2.27.